The SMILES string of the molecule is Cc1ccc(NC(=O)CSCC(=O)OCC(=O)N[C@H](C)c2ccccc2)c(C)c1. The molecule has 2 aromatic carbocycles. The zero-order chi connectivity index (χ0) is 21.2. The fourth-order valence-electron chi connectivity index (χ4n) is 2.66. The summed E-state index contributed by atoms with van der Waals surface area (Å²) in [6.07, 6.45) is 0. The molecule has 6 nitrogen and oxygen atoms in total. The van der Waals surface area contributed by atoms with Gasteiger partial charge in [0.15, 0.2) is 6.61 Å². The van der Waals surface area contributed by atoms with E-state index in [4.69, 9.17) is 4.74 Å². The largest absolute Gasteiger partial charge is 0.455 e. The number of esters is 1. The van der Waals surface area contributed by atoms with E-state index in [1.165, 1.54) is 0 Å². The topological polar surface area (TPSA) is 84.5 Å². The van der Waals surface area contributed by atoms with Crippen molar-refractivity contribution in [2.75, 3.05) is 23.4 Å². The number of rotatable bonds is 9. The molecule has 0 aliphatic heterocycles. The predicted octanol–water partition coefficient (Wildman–Crippen LogP) is 3.40. The number of benzene rings is 2. The maximum atomic E-state index is 12.0. The summed E-state index contributed by atoms with van der Waals surface area (Å²) in [5.74, 6) is -0.963. The van der Waals surface area contributed by atoms with Gasteiger partial charge in [0.1, 0.15) is 0 Å². The highest BCUT2D eigenvalue weighted by Crippen LogP contribution is 2.16. The summed E-state index contributed by atoms with van der Waals surface area (Å²) < 4.78 is 4.97. The zero-order valence-electron chi connectivity index (χ0n) is 16.9. The van der Waals surface area contributed by atoms with Gasteiger partial charge in [-0.3, -0.25) is 14.4 Å². The lowest BCUT2D eigenvalue weighted by atomic mass is 10.1. The quantitative estimate of drug-likeness (QED) is 0.615. The molecular weight excluding hydrogens is 388 g/mol. The molecule has 0 spiro atoms. The first-order valence-corrected chi connectivity index (χ1v) is 10.5. The first-order valence-electron chi connectivity index (χ1n) is 9.30. The van der Waals surface area contributed by atoms with E-state index >= 15 is 0 Å². The second-order valence-corrected chi connectivity index (χ2v) is 7.71. The molecule has 0 unspecified atom stereocenters. The molecule has 29 heavy (non-hydrogen) atoms. The lowest BCUT2D eigenvalue weighted by Crippen LogP contribution is -2.31. The van der Waals surface area contributed by atoms with Crippen molar-refractivity contribution < 1.29 is 19.1 Å². The summed E-state index contributed by atoms with van der Waals surface area (Å²) in [7, 11) is 0. The molecule has 0 aliphatic carbocycles. The van der Waals surface area contributed by atoms with Gasteiger partial charge >= 0.3 is 5.97 Å². The number of nitrogens with one attached hydrogen (secondary N) is 2. The Morgan fingerprint density at radius 3 is 2.41 bits per heavy atom. The number of carbonyl (C=O) groups is 3. The molecule has 0 fully saturated rings. The van der Waals surface area contributed by atoms with Crippen LogP contribution in [0.25, 0.3) is 0 Å². The fraction of sp³-hybridized carbons (Fsp3) is 0.318. The van der Waals surface area contributed by atoms with E-state index in [-0.39, 0.29) is 36.0 Å². The third kappa shape index (κ3) is 7.99. The average molecular weight is 415 g/mol. The Balaban J connectivity index is 1.64. The van der Waals surface area contributed by atoms with E-state index in [1.807, 2.05) is 69.3 Å². The Morgan fingerprint density at radius 1 is 1.00 bits per heavy atom. The van der Waals surface area contributed by atoms with E-state index in [0.29, 0.717) is 0 Å². The standard InChI is InChI=1S/C22H26N2O4S/c1-15-9-10-19(16(2)11-15)24-21(26)13-29-14-22(27)28-12-20(25)23-17(3)18-7-5-4-6-8-18/h4-11,17H,12-14H2,1-3H3,(H,23,25)(H,24,26)/t17-/m1/s1. The minimum Gasteiger partial charge on any atom is -0.455 e. The molecule has 7 heteroatoms. The van der Waals surface area contributed by atoms with Gasteiger partial charge in [-0.2, -0.15) is 0 Å². The molecule has 0 bridgehead atoms. The van der Waals surface area contributed by atoms with Crippen molar-refractivity contribution in [3.8, 4) is 0 Å². The van der Waals surface area contributed by atoms with Gasteiger partial charge in [0.25, 0.3) is 5.91 Å². The summed E-state index contributed by atoms with van der Waals surface area (Å²) in [5.41, 5.74) is 3.84. The van der Waals surface area contributed by atoms with Crippen LogP contribution in [0, 0.1) is 13.8 Å². The Labute approximate surface area is 175 Å². The van der Waals surface area contributed by atoms with E-state index in [2.05, 4.69) is 10.6 Å². The zero-order valence-corrected chi connectivity index (χ0v) is 17.7. The van der Waals surface area contributed by atoms with Crippen LogP contribution in [0.2, 0.25) is 0 Å². The maximum absolute atomic E-state index is 12.0. The van der Waals surface area contributed by atoms with Gasteiger partial charge in [-0.25, -0.2) is 0 Å². The van der Waals surface area contributed by atoms with Gasteiger partial charge < -0.3 is 15.4 Å². The van der Waals surface area contributed by atoms with Crippen molar-refractivity contribution in [1.29, 1.82) is 0 Å². The van der Waals surface area contributed by atoms with Gasteiger partial charge in [-0.1, -0.05) is 48.0 Å². The van der Waals surface area contributed by atoms with Crippen LogP contribution in [0.4, 0.5) is 5.69 Å². The second kappa shape index (κ2) is 11.3. The minimum absolute atomic E-state index is 0.00180. The van der Waals surface area contributed by atoms with Crippen LogP contribution in [0.5, 0.6) is 0 Å². The molecule has 2 N–H and O–H groups in total. The van der Waals surface area contributed by atoms with Crippen LogP contribution >= 0.6 is 11.8 Å². The number of thioether (sulfide) groups is 1. The van der Waals surface area contributed by atoms with Crippen LogP contribution in [0.3, 0.4) is 0 Å². The van der Waals surface area contributed by atoms with Gasteiger partial charge in [0.2, 0.25) is 5.91 Å². The highest BCUT2D eigenvalue weighted by molar-refractivity contribution is 8.00. The van der Waals surface area contributed by atoms with Crippen LogP contribution in [-0.2, 0) is 19.1 Å². The van der Waals surface area contributed by atoms with E-state index < -0.39 is 5.97 Å². The average Bonchev–Trinajstić information content (AvgIpc) is 2.69. The number of hydrogen-bond acceptors (Lipinski definition) is 5. The number of carbonyl (C=O) groups excluding carboxylic acids is 3. The molecule has 0 saturated carbocycles. The number of amides is 2. The molecule has 0 aromatic heterocycles. The first kappa shape index (κ1) is 22.5. The summed E-state index contributed by atoms with van der Waals surface area (Å²) in [6, 6.07) is 15.1. The van der Waals surface area contributed by atoms with Crippen molar-refractivity contribution in [2.24, 2.45) is 0 Å². The highest BCUT2D eigenvalue weighted by atomic mass is 32.2. The predicted molar refractivity (Wildman–Crippen MR) is 116 cm³/mol. The molecule has 154 valence electrons. The molecule has 0 aliphatic rings. The molecule has 2 aromatic rings. The molecule has 1 atom stereocenters. The van der Waals surface area contributed by atoms with Crippen LogP contribution in [0.1, 0.15) is 29.7 Å². The third-order valence-corrected chi connectivity index (χ3v) is 5.06. The number of anilines is 1. The molecule has 2 rings (SSSR count). The number of hydrogen-bond donors (Lipinski definition) is 2. The Hall–Kier alpha value is -2.80. The van der Waals surface area contributed by atoms with E-state index in [1.54, 1.807) is 0 Å². The monoisotopic (exact) mass is 414 g/mol. The van der Waals surface area contributed by atoms with E-state index in [9.17, 15) is 14.4 Å². The van der Waals surface area contributed by atoms with Crippen molar-refractivity contribution in [3.63, 3.8) is 0 Å². The minimum atomic E-state index is -0.531. The van der Waals surface area contributed by atoms with Crippen LogP contribution in [0.15, 0.2) is 48.5 Å². The third-order valence-electron chi connectivity index (χ3n) is 4.15. The van der Waals surface area contributed by atoms with Crippen LogP contribution in [-0.4, -0.2) is 35.9 Å². The number of ether oxygens (including phenoxy) is 1. The Bertz CT molecular complexity index is 855. The van der Waals surface area contributed by atoms with Gasteiger partial charge in [-0.05, 0) is 38.0 Å². The lowest BCUT2D eigenvalue weighted by Gasteiger charge is -2.14. The molecular formula is C22H26N2O4S. The molecule has 0 saturated heterocycles. The summed E-state index contributed by atoms with van der Waals surface area (Å²) in [6.45, 7) is 5.43. The molecule has 0 heterocycles. The Morgan fingerprint density at radius 2 is 1.72 bits per heavy atom. The Kier molecular flexibility index (Phi) is 8.73. The van der Waals surface area contributed by atoms with Gasteiger partial charge in [0, 0.05) is 5.69 Å². The fourth-order valence-corrected chi connectivity index (χ4v) is 3.27. The second-order valence-electron chi connectivity index (χ2n) is 6.72. The van der Waals surface area contributed by atoms with Crippen LogP contribution < -0.4 is 10.6 Å². The van der Waals surface area contributed by atoms with Gasteiger partial charge in [0.05, 0.1) is 17.5 Å². The van der Waals surface area contributed by atoms with Crippen molar-refractivity contribution in [2.45, 2.75) is 26.8 Å². The lowest BCUT2D eigenvalue weighted by molar-refractivity contribution is -0.146. The van der Waals surface area contributed by atoms with Gasteiger partial charge in [-0.15, -0.1) is 11.8 Å². The maximum Gasteiger partial charge on any atom is 0.316 e. The van der Waals surface area contributed by atoms with E-state index in [0.717, 1.165) is 34.1 Å². The normalized spacial score (nSPS) is 11.4. The van der Waals surface area contributed by atoms with Crippen molar-refractivity contribution in [3.05, 3.63) is 65.2 Å². The molecule has 0 radical (unpaired) electrons. The first-order chi connectivity index (χ1) is 13.8. The molecule has 2 amide bonds. The smallest absolute Gasteiger partial charge is 0.316 e. The van der Waals surface area contributed by atoms with Crippen molar-refractivity contribution in [1.82, 2.24) is 5.32 Å². The van der Waals surface area contributed by atoms with Crippen molar-refractivity contribution >= 4 is 35.2 Å². The summed E-state index contributed by atoms with van der Waals surface area (Å²) >= 11 is 1.14. The number of aryl methyl sites for hydroxylation is 2. The highest BCUT2D eigenvalue weighted by Gasteiger charge is 2.13. The summed E-state index contributed by atoms with van der Waals surface area (Å²) in [4.78, 5) is 35.7. The summed E-state index contributed by atoms with van der Waals surface area (Å²) in [5, 5.41) is 5.60.